The molecule has 2 saturated heterocycles. The molecule has 22 heavy (non-hydrogen) atoms. The van der Waals surface area contributed by atoms with Crippen molar-refractivity contribution in [2.75, 3.05) is 19.8 Å². The van der Waals surface area contributed by atoms with Crippen LogP contribution in [0.1, 0.15) is 25.7 Å². The molecule has 5 nitrogen and oxygen atoms in total. The molecule has 3 heterocycles. The maximum absolute atomic E-state index is 12.7. The summed E-state index contributed by atoms with van der Waals surface area (Å²) < 4.78 is 13.9. The van der Waals surface area contributed by atoms with Gasteiger partial charge in [-0.15, -0.1) is 0 Å². The summed E-state index contributed by atoms with van der Waals surface area (Å²) in [7, 11) is 0. The molecule has 0 radical (unpaired) electrons. The number of carbonyl (C=O) groups is 1. The summed E-state index contributed by atoms with van der Waals surface area (Å²) in [6.07, 6.45) is 8.24. The Kier molecular flexibility index (Phi) is 3.92. The van der Waals surface area contributed by atoms with Crippen LogP contribution in [0.2, 0.25) is 0 Å². The summed E-state index contributed by atoms with van der Waals surface area (Å²) >= 11 is 0. The van der Waals surface area contributed by atoms with Gasteiger partial charge in [0.15, 0.2) is 0 Å². The predicted molar refractivity (Wildman–Crippen MR) is 81.4 cm³/mol. The molecule has 3 aliphatic rings. The Bertz CT molecular complexity index is 510. The van der Waals surface area contributed by atoms with E-state index in [0.717, 1.165) is 45.4 Å². The smallest absolute Gasteiger partial charge is 0.252 e. The summed E-state index contributed by atoms with van der Waals surface area (Å²) in [5.41, 5.74) is 0. The molecule has 1 aromatic rings. The standard InChI is InChI=1S/C17H24N2O3/c20-17(15-4-3-10-21-15)19-9-11-22-16-13(5-6-14(16)19)12-18-7-1-2-8-18/h1-2,7-8,13-16H,3-6,9-12H2/t13-,14-,15-,16-/m1/s1. The van der Waals surface area contributed by atoms with Crippen LogP contribution in [0.3, 0.4) is 0 Å². The minimum atomic E-state index is -0.206. The van der Waals surface area contributed by atoms with Gasteiger partial charge in [-0.05, 0) is 37.8 Å². The summed E-state index contributed by atoms with van der Waals surface area (Å²) in [6, 6.07) is 4.36. The molecule has 1 aromatic heterocycles. The summed E-state index contributed by atoms with van der Waals surface area (Å²) in [4.78, 5) is 14.8. The second-order valence-electron chi connectivity index (χ2n) is 6.65. The van der Waals surface area contributed by atoms with Crippen LogP contribution in [0, 0.1) is 5.92 Å². The molecular formula is C17H24N2O3. The molecule has 4 atom stereocenters. The van der Waals surface area contributed by atoms with Gasteiger partial charge in [-0.1, -0.05) is 0 Å². The molecule has 0 aromatic carbocycles. The summed E-state index contributed by atoms with van der Waals surface area (Å²) in [5, 5.41) is 0. The monoisotopic (exact) mass is 304 g/mol. The van der Waals surface area contributed by atoms with Gasteiger partial charge in [-0.2, -0.15) is 0 Å². The van der Waals surface area contributed by atoms with Crippen LogP contribution in [0.5, 0.6) is 0 Å². The van der Waals surface area contributed by atoms with E-state index in [1.54, 1.807) is 0 Å². The molecule has 5 heteroatoms. The van der Waals surface area contributed by atoms with Crippen molar-refractivity contribution in [1.29, 1.82) is 0 Å². The lowest BCUT2D eigenvalue weighted by atomic mass is 10.0. The van der Waals surface area contributed by atoms with E-state index in [9.17, 15) is 4.79 Å². The highest BCUT2D eigenvalue weighted by Crippen LogP contribution is 2.36. The zero-order valence-corrected chi connectivity index (χ0v) is 12.9. The number of aromatic nitrogens is 1. The molecule has 1 saturated carbocycles. The average molecular weight is 304 g/mol. The average Bonchev–Trinajstić information content (AvgIpc) is 3.29. The van der Waals surface area contributed by atoms with Crippen molar-refractivity contribution in [1.82, 2.24) is 9.47 Å². The number of carbonyl (C=O) groups excluding carboxylic acids is 1. The van der Waals surface area contributed by atoms with Crippen molar-refractivity contribution in [2.45, 2.75) is 50.5 Å². The van der Waals surface area contributed by atoms with Gasteiger partial charge in [-0.25, -0.2) is 0 Å². The molecule has 4 rings (SSSR count). The first-order valence-corrected chi connectivity index (χ1v) is 8.47. The highest BCUT2D eigenvalue weighted by molar-refractivity contribution is 5.81. The lowest BCUT2D eigenvalue weighted by Gasteiger charge is -2.40. The zero-order chi connectivity index (χ0) is 14.9. The van der Waals surface area contributed by atoms with Crippen LogP contribution >= 0.6 is 0 Å². The van der Waals surface area contributed by atoms with Gasteiger partial charge in [0.25, 0.3) is 5.91 Å². The Morgan fingerprint density at radius 2 is 1.95 bits per heavy atom. The number of hydrogen-bond acceptors (Lipinski definition) is 3. The predicted octanol–water partition coefficient (Wildman–Crippen LogP) is 1.67. The van der Waals surface area contributed by atoms with E-state index in [1.165, 1.54) is 0 Å². The van der Waals surface area contributed by atoms with Crippen molar-refractivity contribution in [3.63, 3.8) is 0 Å². The molecular weight excluding hydrogens is 280 g/mol. The van der Waals surface area contributed by atoms with Crippen LogP contribution in [-0.2, 0) is 20.8 Å². The molecule has 0 N–H and O–H groups in total. The fraction of sp³-hybridized carbons (Fsp3) is 0.706. The van der Waals surface area contributed by atoms with E-state index in [2.05, 4.69) is 34.0 Å². The van der Waals surface area contributed by atoms with Gasteiger partial charge < -0.3 is 18.9 Å². The highest BCUT2D eigenvalue weighted by Gasteiger charge is 2.45. The van der Waals surface area contributed by atoms with Crippen LogP contribution in [-0.4, -0.2) is 53.4 Å². The number of hydrogen-bond donors (Lipinski definition) is 0. The summed E-state index contributed by atoms with van der Waals surface area (Å²) in [5.74, 6) is 0.690. The van der Waals surface area contributed by atoms with Gasteiger partial charge in [0.2, 0.25) is 0 Å². The van der Waals surface area contributed by atoms with Crippen molar-refractivity contribution in [2.24, 2.45) is 5.92 Å². The fourth-order valence-electron chi connectivity index (χ4n) is 4.25. The van der Waals surface area contributed by atoms with Gasteiger partial charge in [0.05, 0.1) is 18.8 Å². The van der Waals surface area contributed by atoms with E-state index < -0.39 is 0 Å². The first-order valence-electron chi connectivity index (χ1n) is 8.47. The number of fused-ring (bicyclic) bond motifs is 1. The molecule has 0 spiro atoms. The third-order valence-corrected chi connectivity index (χ3v) is 5.32. The van der Waals surface area contributed by atoms with E-state index in [4.69, 9.17) is 9.47 Å². The van der Waals surface area contributed by atoms with Crippen molar-refractivity contribution >= 4 is 5.91 Å². The number of ether oxygens (including phenoxy) is 2. The largest absolute Gasteiger partial charge is 0.374 e. The third kappa shape index (κ3) is 2.57. The third-order valence-electron chi connectivity index (χ3n) is 5.32. The van der Waals surface area contributed by atoms with Crippen molar-refractivity contribution in [3.05, 3.63) is 24.5 Å². The highest BCUT2D eigenvalue weighted by atomic mass is 16.5. The van der Waals surface area contributed by atoms with Gasteiger partial charge in [0, 0.05) is 38.0 Å². The SMILES string of the molecule is O=C([C@H]1CCCO1)N1CCO[C@@H]2[C@@H](Cn3cccc3)CC[C@H]21. The molecule has 0 bridgehead atoms. The Balaban J connectivity index is 1.45. The van der Waals surface area contributed by atoms with Crippen LogP contribution in [0.25, 0.3) is 0 Å². The lowest BCUT2D eigenvalue weighted by molar-refractivity contribution is -0.155. The van der Waals surface area contributed by atoms with Gasteiger partial charge >= 0.3 is 0 Å². The normalized spacial score (nSPS) is 34.8. The molecule has 120 valence electrons. The maximum Gasteiger partial charge on any atom is 0.252 e. The quantitative estimate of drug-likeness (QED) is 0.853. The molecule has 1 aliphatic carbocycles. The molecule has 1 amide bonds. The van der Waals surface area contributed by atoms with Crippen molar-refractivity contribution in [3.8, 4) is 0 Å². The van der Waals surface area contributed by atoms with Crippen molar-refractivity contribution < 1.29 is 14.3 Å². The number of amides is 1. The Morgan fingerprint density at radius 1 is 1.09 bits per heavy atom. The summed E-state index contributed by atoms with van der Waals surface area (Å²) in [6.45, 7) is 3.08. The maximum atomic E-state index is 12.7. The molecule has 0 unspecified atom stereocenters. The Hall–Kier alpha value is -1.33. The van der Waals surface area contributed by atoms with E-state index >= 15 is 0 Å². The first-order chi connectivity index (χ1) is 10.8. The lowest BCUT2D eigenvalue weighted by Crippen LogP contribution is -2.55. The molecule has 2 aliphatic heterocycles. The molecule has 3 fully saturated rings. The number of morpholine rings is 1. The van der Waals surface area contributed by atoms with Crippen LogP contribution in [0.4, 0.5) is 0 Å². The second kappa shape index (κ2) is 6.05. The van der Waals surface area contributed by atoms with Crippen LogP contribution < -0.4 is 0 Å². The minimum Gasteiger partial charge on any atom is -0.374 e. The van der Waals surface area contributed by atoms with E-state index in [1.807, 2.05) is 0 Å². The van der Waals surface area contributed by atoms with E-state index in [-0.39, 0.29) is 24.2 Å². The van der Waals surface area contributed by atoms with E-state index in [0.29, 0.717) is 12.5 Å². The fourth-order valence-corrected chi connectivity index (χ4v) is 4.25. The topological polar surface area (TPSA) is 43.7 Å². The Morgan fingerprint density at radius 3 is 2.73 bits per heavy atom. The second-order valence-corrected chi connectivity index (χ2v) is 6.65. The zero-order valence-electron chi connectivity index (χ0n) is 12.9. The van der Waals surface area contributed by atoms with Gasteiger partial charge in [-0.3, -0.25) is 4.79 Å². The first kappa shape index (κ1) is 14.3. The van der Waals surface area contributed by atoms with Gasteiger partial charge in [0.1, 0.15) is 6.10 Å². The minimum absolute atomic E-state index is 0.182. The van der Waals surface area contributed by atoms with Crippen LogP contribution in [0.15, 0.2) is 24.5 Å². The Labute approximate surface area is 131 Å². The number of rotatable bonds is 3. The number of nitrogens with zero attached hydrogens (tertiary/aromatic N) is 2.